The zero-order chi connectivity index (χ0) is 14.5. The Labute approximate surface area is 122 Å². The zero-order valence-electron chi connectivity index (χ0n) is 11.5. The second kappa shape index (κ2) is 6.37. The number of carbonyl (C=O) groups is 1. The van der Waals surface area contributed by atoms with Crippen LogP contribution < -0.4 is 5.73 Å². The smallest absolute Gasteiger partial charge is 0.274 e. The molecular formula is C14H16N4OS. The van der Waals surface area contributed by atoms with Crippen molar-refractivity contribution in [2.75, 3.05) is 13.6 Å². The normalized spacial score (nSPS) is 9.95. The van der Waals surface area contributed by atoms with Gasteiger partial charge in [0.25, 0.3) is 5.91 Å². The van der Waals surface area contributed by atoms with Crippen molar-refractivity contribution in [1.29, 1.82) is 0 Å². The van der Waals surface area contributed by atoms with E-state index in [1.807, 2.05) is 11.4 Å². The molecule has 0 bridgehead atoms. The van der Waals surface area contributed by atoms with E-state index in [1.54, 1.807) is 47.3 Å². The summed E-state index contributed by atoms with van der Waals surface area (Å²) in [4.78, 5) is 14.8. The van der Waals surface area contributed by atoms with Crippen LogP contribution in [0.5, 0.6) is 0 Å². The lowest BCUT2D eigenvalue weighted by Crippen LogP contribution is -2.26. The average Bonchev–Trinajstić information content (AvgIpc) is 3.04. The molecule has 0 aliphatic heterocycles. The molecule has 0 unspecified atom stereocenters. The number of hydrogen-bond acceptors (Lipinski definition) is 4. The van der Waals surface area contributed by atoms with E-state index in [2.05, 4.69) is 16.9 Å². The molecule has 0 atom stereocenters. The molecule has 2 rings (SSSR count). The van der Waals surface area contributed by atoms with Crippen LogP contribution in [0.3, 0.4) is 0 Å². The summed E-state index contributed by atoms with van der Waals surface area (Å²) in [7, 11) is 3.55. The lowest BCUT2D eigenvalue weighted by Gasteiger charge is -2.14. The highest BCUT2D eigenvalue weighted by atomic mass is 32.1. The fourth-order valence-electron chi connectivity index (χ4n) is 1.73. The summed E-state index contributed by atoms with van der Waals surface area (Å²) in [5.74, 6) is 5.71. The van der Waals surface area contributed by atoms with Crippen LogP contribution in [-0.2, 0) is 13.6 Å². The molecular weight excluding hydrogens is 272 g/mol. The molecule has 6 heteroatoms. The Bertz CT molecular complexity index is 662. The molecule has 104 valence electrons. The SMILES string of the molecule is CN(Cc1csc(C#CCN)c1)C(=O)c1ccn(C)n1. The van der Waals surface area contributed by atoms with Crippen molar-refractivity contribution in [3.63, 3.8) is 0 Å². The van der Waals surface area contributed by atoms with Gasteiger partial charge in [-0.1, -0.05) is 11.8 Å². The molecule has 0 spiro atoms. The van der Waals surface area contributed by atoms with Crippen LogP contribution in [0.2, 0.25) is 0 Å². The van der Waals surface area contributed by atoms with Crippen LogP contribution in [-0.4, -0.2) is 34.2 Å². The van der Waals surface area contributed by atoms with Crippen LogP contribution in [0.15, 0.2) is 23.7 Å². The van der Waals surface area contributed by atoms with Crippen LogP contribution in [0, 0.1) is 11.8 Å². The molecule has 0 saturated heterocycles. The minimum Gasteiger partial charge on any atom is -0.336 e. The molecule has 0 radical (unpaired) electrons. The molecule has 0 aromatic carbocycles. The van der Waals surface area contributed by atoms with Crippen LogP contribution in [0.4, 0.5) is 0 Å². The van der Waals surface area contributed by atoms with Gasteiger partial charge in [0, 0.05) is 26.8 Å². The van der Waals surface area contributed by atoms with E-state index in [0.717, 1.165) is 10.4 Å². The van der Waals surface area contributed by atoms with E-state index in [4.69, 9.17) is 5.73 Å². The summed E-state index contributed by atoms with van der Waals surface area (Å²) < 4.78 is 1.62. The molecule has 5 nitrogen and oxygen atoms in total. The van der Waals surface area contributed by atoms with Gasteiger partial charge in [-0.25, -0.2) is 0 Å². The topological polar surface area (TPSA) is 64.2 Å². The van der Waals surface area contributed by atoms with Crippen molar-refractivity contribution >= 4 is 17.2 Å². The van der Waals surface area contributed by atoms with Crippen molar-refractivity contribution in [2.24, 2.45) is 12.8 Å². The van der Waals surface area contributed by atoms with Crippen molar-refractivity contribution in [3.05, 3.63) is 39.8 Å². The molecule has 2 N–H and O–H groups in total. The first-order chi connectivity index (χ1) is 9.60. The minimum absolute atomic E-state index is 0.0913. The standard InChI is InChI=1S/C14H16N4OS/c1-17(14(19)13-5-7-18(2)16-13)9-11-8-12(20-10-11)4-3-6-15/h5,7-8,10H,6,9,15H2,1-2H3. The van der Waals surface area contributed by atoms with E-state index >= 15 is 0 Å². The van der Waals surface area contributed by atoms with E-state index in [9.17, 15) is 4.79 Å². The number of carbonyl (C=O) groups excluding carboxylic acids is 1. The summed E-state index contributed by atoms with van der Waals surface area (Å²) >= 11 is 1.56. The molecule has 0 aliphatic rings. The number of hydrogen-bond donors (Lipinski definition) is 1. The maximum Gasteiger partial charge on any atom is 0.274 e. The highest BCUT2D eigenvalue weighted by Crippen LogP contribution is 2.15. The van der Waals surface area contributed by atoms with Crippen LogP contribution in [0.25, 0.3) is 0 Å². The lowest BCUT2D eigenvalue weighted by molar-refractivity contribution is 0.0778. The minimum atomic E-state index is -0.0913. The molecule has 0 saturated carbocycles. The number of aryl methyl sites for hydroxylation is 1. The number of nitrogens with zero attached hydrogens (tertiary/aromatic N) is 3. The van der Waals surface area contributed by atoms with Gasteiger partial charge >= 0.3 is 0 Å². The van der Waals surface area contributed by atoms with Gasteiger partial charge < -0.3 is 10.6 Å². The predicted molar refractivity (Wildman–Crippen MR) is 79.3 cm³/mol. The number of rotatable bonds is 3. The fourth-order valence-corrected chi connectivity index (χ4v) is 2.50. The van der Waals surface area contributed by atoms with E-state index in [0.29, 0.717) is 18.8 Å². The Kier molecular flexibility index (Phi) is 4.56. The Morgan fingerprint density at radius 2 is 2.40 bits per heavy atom. The monoisotopic (exact) mass is 288 g/mol. The van der Waals surface area contributed by atoms with Crippen molar-refractivity contribution in [2.45, 2.75) is 6.54 Å². The first kappa shape index (κ1) is 14.3. The quantitative estimate of drug-likeness (QED) is 0.859. The molecule has 0 aliphatic carbocycles. The number of thiophene rings is 1. The highest BCUT2D eigenvalue weighted by Gasteiger charge is 2.15. The second-order valence-electron chi connectivity index (χ2n) is 4.36. The third-order valence-corrected chi connectivity index (χ3v) is 3.56. The average molecular weight is 288 g/mol. The zero-order valence-corrected chi connectivity index (χ0v) is 12.3. The lowest BCUT2D eigenvalue weighted by atomic mass is 10.2. The summed E-state index contributed by atoms with van der Waals surface area (Å²) in [6, 6.07) is 3.69. The van der Waals surface area contributed by atoms with Crippen molar-refractivity contribution in [1.82, 2.24) is 14.7 Å². The van der Waals surface area contributed by atoms with Gasteiger partial charge in [0.05, 0.1) is 11.4 Å². The molecule has 20 heavy (non-hydrogen) atoms. The molecule has 2 heterocycles. The van der Waals surface area contributed by atoms with Crippen LogP contribution >= 0.6 is 11.3 Å². The maximum atomic E-state index is 12.2. The van der Waals surface area contributed by atoms with Gasteiger partial charge in [-0.15, -0.1) is 11.3 Å². The summed E-state index contributed by atoms with van der Waals surface area (Å²) in [5.41, 5.74) is 6.85. The largest absolute Gasteiger partial charge is 0.336 e. The molecule has 2 aromatic rings. The summed E-state index contributed by atoms with van der Waals surface area (Å²) in [6.45, 7) is 0.890. The molecule has 0 fully saturated rings. The van der Waals surface area contributed by atoms with Crippen molar-refractivity contribution in [3.8, 4) is 11.8 Å². The predicted octanol–water partition coefficient (Wildman–Crippen LogP) is 1.06. The van der Waals surface area contributed by atoms with E-state index < -0.39 is 0 Å². The maximum absolute atomic E-state index is 12.2. The third-order valence-electron chi connectivity index (χ3n) is 2.67. The third kappa shape index (κ3) is 3.47. The molecule has 2 aromatic heterocycles. The Morgan fingerprint density at radius 3 is 3.05 bits per heavy atom. The van der Waals surface area contributed by atoms with Gasteiger partial charge in [-0.2, -0.15) is 5.10 Å². The van der Waals surface area contributed by atoms with Gasteiger partial charge in [0.2, 0.25) is 0 Å². The first-order valence-electron chi connectivity index (χ1n) is 6.11. The molecule has 1 amide bonds. The van der Waals surface area contributed by atoms with Gasteiger partial charge in [0.15, 0.2) is 0 Å². The van der Waals surface area contributed by atoms with E-state index in [1.165, 1.54) is 0 Å². The van der Waals surface area contributed by atoms with Gasteiger partial charge in [-0.3, -0.25) is 9.48 Å². The summed E-state index contributed by atoms with van der Waals surface area (Å²) in [6.07, 6.45) is 1.76. The first-order valence-corrected chi connectivity index (χ1v) is 6.99. The number of aromatic nitrogens is 2. The number of nitrogens with two attached hydrogens (primary N) is 1. The van der Waals surface area contributed by atoms with Crippen LogP contribution in [0.1, 0.15) is 20.9 Å². The fraction of sp³-hybridized carbons (Fsp3) is 0.286. The Hall–Kier alpha value is -2.10. The second-order valence-corrected chi connectivity index (χ2v) is 5.27. The van der Waals surface area contributed by atoms with Crippen molar-refractivity contribution < 1.29 is 4.79 Å². The highest BCUT2D eigenvalue weighted by molar-refractivity contribution is 7.10. The summed E-state index contributed by atoms with van der Waals surface area (Å²) in [5, 5.41) is 6.11. The van der Waals surface area contributed by atoms with Gasteiger partial charge in [0.1, 0.15) is 5.69 Å². The Balaban J connectivity index is 2.02. The van der Waals surface area contributed by atoms with Gasteiger partial charge in [-0.05, 0) is 23.1 Å². The Morgan fingerprint density at radius 1 is 1.60 bits per heavy atom. The van der Waals surface area contributed by atoms with E-state index in [-0.39, 0.29) is 5.91 Å². The number of amides is 1.